The van der Waals surface area contributed by atoms with Gasteiger partial charge in [-0.25, -0.2) is 4.98 Å². The highest BCUT2D eigenvalue weighted by molar-refractivity contribution is 5.95. The van der Waals surface area contributed by atoms with E-state index in [9.17, 15) is 14.4 Å². The summed E-state index contributed by atoms with van der Waals surface area (Å²) in [4.78, 5) is 42.5. The van der Waals surface area contributed by atoms with Crippen LogP contribution < -0.4 is 21.3 Å². The molecule has 176 valence electrons. The molecular formula is C25H33N5O3. The first-order valence-corrected chi connectivity index (χ1v) is 11.3. The molecule has 8 nitrogen and oxygen atoms in total. The van der Waals surface area contributed by atoms with Gasteiger partial charge in [0.25, 0.3) is 5.91 Å². The third-order valence-corrected chi connectivity index (χ3v) is 5.83. The van der Waals surface area contributed by atoms with Crippen LogP contribution in [0.3, 0.4) is 0 Å². The van der Waals surface area contributed by atoms with E-state index in [4.69, 9.17) is 5.73 Å². The number of carbonyl (C=O) groups excluding carboxylic acids is 3. The maximum atomic E-state index is 12.3. The van der Waals surface area contributed by atoms with Crippen molar-refractivity contribution in [2.45, 2.75) is 45.4 Å². The largest absolute Gasteiger partial charge is 0.369 e. The van der Waals surface area contributed by atoms with Crippen LogP contribution in [0.2, 0.25) is 0 Å². The molecular weight excluding hydrogens is 418 g/mol. The molecule has 1 aromatic carbocycles. The van der Waals surface area contributed by atoms with Gasteiger partial charge in [-0.1, -0.05) is 32.9 Å². The van der Waals surface area contributed by atoms with Crippen LogP contribution in [0.5, 0.6) is 0 Å². The van der Waals surface area contributed by atoms with Crippen molar-refractivity contribution in [3.05, 3.63) is 53.7 Å². The van der Waals surface area contributed by atoms with Crippen molar-refractivity contribution in [2.24, 2.45) is 11.7 Å². The van der Waals surface area contributed by atoms with Crippen LogP contribution in [0.4, 0.5) is 11.5 Å². The van der Waals surface area contributed by atoms with Gasteiger partial charge in [0, 0.05) is 31.6 Å². The summed E-state index contributed by atoms with van der Waals surface area (Å²) in [7, 11) is 0. The van der Waals surface area contributed by atoms with E-state index < -0.39 is 0 Å². The lowest BCUT2D eigenvalue weighted by atomic mass is 9.87. The van der Waals surface area contributed by atoms with E-state index in [-0.39, 0.29) is 42.0 Å². The van der Waals surface area contributed by atoms with Crippen molar-refractivity contribution in [3.63, 3.8) is 0 Å². The molecule has 2 aromatic rings. The zero-order valence-corrected chi connectivity index (χ0v) is 19.6. The van der Waals surface area contributed by atoms with Crippen LogP contribution in [-0.4, -0.2) is 42.3 Å². The lowest BCUT2D eigenvalue weighted by Crippen LogP contribution is -2.41. The number of pyridine rings is 1. The number of amides is 3. The fourth-order valence-electron chi connectivity index (χ4n) is 3.80. The molecule has 0 spiro atoms. The molecule has 0 saturated carbocycles. The average Bonchev–Trinajstić information content (AvgIpc) is 2.79. The van der Waals surface area contributed by atoms with E-state index in [1.807, 2.05) is 23.1 Å². The number of carbonyl (C=O) groups is 3. The zero-order valence-electron chi connectivity index (χ0n) is 19.6. The molecule has 3 amide bonds. The quantitative estimate of drug-likeness (QED) is 0.598. The number of hydrogen-bond donors (Lipinski definition) is 3. The molecule has 1 saturated heterocycles. The van der Waals surface area contributed by atoms with Crippen LogP contribution in [0, 0.1) is 5.92 Å². The Hall–Kier alpha value is -3.42. The van der Waals surface area contributed by atoms with Gasteiger partial charge >= 0.3 is 0 Å². The van der Waals surface area contributed by atoms with Gasteiger partial charge in [0.1, 0.15) is 5.82 Å². The summed E-state index contributed by atoms with van der Waals surface area (Å²) in [5, 5.41) is 5.57. The molecule has 0 radical (unpaired) electrons. The maximum Gasteiger partial charge on any atom is 0.251 e. The van der Waals surface area contributed by atoms with Gasteiger partial charge in [-0.15, -0.1) is 0 Å². The number of rotatable bonds is 7. The van der Waals surface area contributed by atoms with Gasteiger partial charge in [-0.2, -0.15) is 0 Å². The van der Waals surface area contributed by atoms with Gasteiger partial charge in [-0.3, -0.25) is 14.4 Å². The summed E-state index contributed by atoms with van der Waals surface area (Å²) in [6, 6.07) is 11.1. The number of anilines is 2. The Morgan fingerprint density at radius 1 is 1.12 bits per heavy atom. The van der Waals surface area contributed by atoms with Crippen molar-refractivity contribution in [3.8, 4) is 0 Å². The number of nitrogens with two attached hydrogens (primary N) is 1. The Labute approximate surface area is 194 Å². The second-order valence-corrected chi connectivity index (χ2v) is 9.47. The van der Waals surface area contributed by atoms with Crippen molar-refractivity contribution < 1.29 is 14.4 Å². The zero-order chi connectivity index (χ0) is 24.0. The van der Waals surface area contributed by atoms with E-state index in [0.717, 1.165) is 30.8 Å². The molecule has 2 heterocycles. The second kappa shape index (κ2) is 10.5. The number of piperidine rings is 1. The first kappa shape index (κ1) is 24.2. The SMILES string of the molecule is CC(C)(C)c1ccc(C(=O)NCCC(=O)Nc2ccc(N3CCCC(C(N)=O)C3)nc2)cc1. The summed E-state index contributed by atoms with van der Waals surface area (Å²) < 4.78 is 0. The minimum absolute atomic E-state index is 0.0276. The molecule has 1 aliphatic heterocycles. The van der Waals surface area contributed by atoms with E-state index in [2.05, 4.69) is 36.4 Å². The van der Waals surface area contributed by atoms with Crippen molar-refractivity contribution >= 4 is 29.2 Å². The Morgan fingerprint density at radius 2 is 1.85 bits per heavy atom. The van der Waals surface area contributed by atoms with Gasteiger partial charge in [0.2, 0.25) is 11.8 Å². The standard InChI is InChI=1S/C25H33N5O3/c1-25(2,3)19-8-6-17(7-9-19)24(33)27-13-12-22(31)29-20-10-11-21(28-15-20)30-14-4-5-18(16-30)23(26)32/h6-11,15,18H,4-5,12-14,16H2,1-3H3,(H2,26,32)(H,27,33)(H,29,31). The molecule has 8 heteroatoms. The van der Waals surface area contributed by atoms with Gasteiger partial charge in [-0.05, 0) is 48.1 Å². The van der Waals surface area contributed by atoms with E-state index in [0.29, 0.717) is 17.8 Å². The molecule has 1 aliphatic rings. The summed E-state index contributed by atoms with van der Waals surface area (Å²) in [5.74, 6) is -0.0994. The number of primary amides is 1. The Balaban J connectivity index is 1.44. The molecule has 0 aliphatic carbocycles. The number of aromatic nitrogens is 1. The van der Waals surface area contributed by atoms with Crippen molar-refractivity contribution in [2.75, 3.05) is 29.9 Å². The highest BCUT2D eigenvalue weighted by Crippen LogP contribution is 2.23. The maximum absolute atomic E-state index is 12.3. The summed E-state index contributed by atoms with van der Waals surface area (Å²) in [6.45, 7) is 7.98. The third kappa shape index (κ3) is 6.78. The monoisotopic (exact) mass is 451 g/mol. The first-order chi connectivity index (χ1) is 15.6. The Kier molecular flexibility index (Phi) is 7.68. The van der Waals surface area contributed by atoms with Crippen LogP contribution in [0.15, 0.2) is 42.6 Å². The summed E-state index contributed by atoms with van der Waals surface area (Å²) >= 11 is 0. The number of benzene rings is 1. The van der Waals surface area contributed by atoms with Gasteiger partial charge in [0.15, 0.2) is 0 Å². The molecule has 4 N–H and O–H groups in total. The predicted molar refractivity (Wildman–Crippen MR) is 129 cm³/mol. The molecule has 0 bridgehead atoms. The topological polar surface area (TPSA) is 117 Å². The van der Waals surface area contributed by atoms with E-state index in [1.54, 1.807) is 24.4 Å². The highest BCUT2D eigenvalue weighted by Gasteiger charge is 2.24. The van der Waals surface area contributed by atoms with Crippen molar-refractivity contribution in [1.29, 1.82) is 0 Å². The third-order valence-electron chi connectivity index (χ3n) is 5.83. The predicted octanol–water partition coefficient (Wildman–Crippen LogP) is 2.84. The minimum Gasteiger partial charge on any atom is -0.369 e. The van der Waals surface area contributed by atoms with E-state index >= 15 is 0 Å². The smallest absolute Gasteiger partial charge is 0.251 e. The molecule has 1 unspecified atom stereocenters. The van der Waals surface area contributed by atoms with Crippen molar-refractivity contribution in [1.82, 2.24) is 10.3 Å². The fourth-order valence-corrected chi connectivity index (χ4v) is 3.80. The number of hydrogen-bond acceptors (Lipinski definition) is 5. The normalized spacial score (nSPS) is 16.2. The van der Waals surface area contributed by atoms with Crippen LogP contribution >= 0.6 is 0 Å². The number of nitrogens with one attached hydrogen (secondary N) is 2. The lowest BCUT2D eigenvalue weighted by molar-refractivity contribution is -0.122. The molecule has 1 aromatic heterocycles. The summed E-state index contributed by atoms with van der Waals surface area (Å²) in [6.07, 6.45) is 3.44. The highest BCUT2D eigenvalue weighted by atomic mass is 16.2. The van der Waals surface area contributed by atoms with E-state index in [1.165, 1.54) is 0 Å². The summed E-state index contributed by atoms with van der Waals surface area (Å²) in [5.41, 5.74) is 7.77. The second-order valence-electron chi connectivity index (χ2n) is 9.47. The van der Waals surface area contributed by atoms with Crippen LogP contribution in [0.1, 0.15) is 56.0 Å². The molecule has 1 atom stereocenters. The Morgan fingerprint density at radius 3 is 2.45 bits per heavy atom. The van der Waals surface area contributed by atoms with Gasteiger partial charge < -0.3 is 21.3 Å². The average molecular weight is 452 g/mol. The Bertz CT molecular complexity index is 981. The van der Waals surface area contributed by atoms with Crippen LogP contribution in [-0.2, 0) is 15.0 Å². The van der Waals surface area contributed by atoms with Crippen LogP contribution in [0.25, 0.3) is 0 Å². The minimum atomic E-state index is -0.280. The molecule has 33 heavy (non-hydrogen) atoms. The fraction of sp³-hybridized carbons (Fsp3) is 0.440. The number of nitrogens with zero attached hydrogens (tertiary/aromatic N) is 2. The molecule has 3 rings (SSSR count). The lowest BCUT2D eigenvalue weighted by Gasteiger charge is -2.32. The first-order valence-electron chi connectivity index (χ1n) is 11.3. The van der Waals surface area contributed by atoms with Gasteiger partial charge in [0.05, 0.1) is 17.8 Å². The molecule has 1 fully saturated rings.